The monoisotopic (exact) mass is 178 g/mol. The Hall–Kier alpha value is -0.0900. The molecule has 1 saturated carbocycles. The second-order valence-corrected chi connectivity index (χ2v) is 5.30. The second-order valence-electron chi connectivity index (χ2n) is 3.05. The van der Waals surface area contributed by atoms with Crippen molar-refractivity contribution in [3.8, 4) is 0 Å². The smallest absolute Gasteiger partial charge is 0.176 e. The van der Waals surface area contributed by atoms with E-state index >= 15 is 0 Å². The maximum atomic E-state index is 11.1. The molecule has 66 valence electrons. The molecule has 0 aliphatic heterocycles. The topological polar surface area (TPSA) is 54.4 Å². The molecular weight excluding hydrogens is 164 g/mol. The van der Waals surface area contributed by atoms with Crippen LogP contribution in [0.2, 0.25) is 0 Å². The van der Waals surface area contributed by atoms with Gasteiger partial charge in [-0.3, -0.25) is 0 Å². The van der Waals surface area contributed by atoms with Crippen LogP contribution in [0.25, 0.3) is 0 Å². The van der Waals surface area contributed by atoms with Crippen molar-refractivity contribution in [3.63, 3.8) is 0 Å². The minimum Gasteiger partial charge on any atom is -0.380 e. The van der Waals surface area contributed by atoms with Crippen molar-refractivity contribution in [2.45, 2.75) is 37.4 Å². The molecule has 0 aromatic carbocycles. The van der Waals surface area contributed by atoms with E-state index in [1.54, 1.807) is 0 Å². The van der Waals surface area contributed by atoms with E-state index in [1.165, 1.54) is 0 Å². The Balaban J connectivity index is 2.58. The van der Waals surface area contributed by atoms with Crippen LogP contribution in [0.4, 0.5) is 0 Å². The Morgan fingerprint density at radius 1 is 1.18 bits per heavy atom. The summed E-state index contributed by atoms with van der Waals surface area (Å²) in [5.74, 6) is -0.683. The molecule has 0 spiro atoms. The summed E-state index contributed by atoms with van der Waals surface area (Å²) < 4.78 is 22.2. The average Bonchev–Trinajstić information content (AvgIpc) is 2.06. The van der Waals surface area contributed by atoms with Crippen molar-refractivity contribution in [1.82, 2.24) is 0 Å². The van der Waals surface area contributed by atoms with Crippen LogP contribution in [0.15, 0.2) is 0 Å². The molecule has 4 heteroatoms. The zero-order valence-corrected chi connectivity index (χ0v) is 7.31. The van der Waals surface area contributed by atoms with Crippen molar-refractivity contribution in [1.29, 1.82) is 0 Å². The van der Waals surface area contributed by atoms with Gasteiger partial charge in [-0.1, -0.05) is 19.3 Å². The van der Waals surface area contributed by atoms with Crippen molar-refractivity contribution in [2.24, 2.45) is 0 Å². The zero-order chi connectivity index (χ0) is 8.32. The van der Waals surface area contributed by atoms with E-state index in [0.717, 1.165) is 32.1 Å². The zero-order valence-electron chi connectivity index (χ0n) is 6.49. The molecule has 1 aliphatic carbocycles. The predicted octanol–water partition coefficient (Wildman–Crippen LogP) is 0.684. The summed E-state index contributed by atoms with van der Waals surface area (Å²) in [5.41, 5.74) is 0. The fourth-order valence-electron chi connectivity index (χ4n) is 1.53. The van der Waals surface area contributed by atoms with Crippen LogP contribution in [0.5, 0.6) is 0 Å². The third-order valence-electron chi connectivity index (χ3n) is 2.24. The summed E-state index contributed by atoms with van der Waals surface area (Å²) in [6.07, 6.45) is 4.59. The molecule has 0 radical (unpaired) electrons. The molecule has 0 bridgehead atoms. The third kappa shape index (κ3) is 2.17. The number of sulfone groups is 1. The lowest BCUT2D eigenvalue weighted by Gasteiger charge is -2.20. The third-order valence-corrected chi connectivity index (χ3v) is 4.09. The molecule has 0 heterocycles. The summed E-state index contributed by atoms with van der Waals surface area (Å²) in [6.45, 7) is 0. The number of aliphatic hydroxyl groups excluding tert-OH is 1. The first-order chi connectivity index (χ1) is 5.17. The molecule has 1 N–H and O–H groups in total. The highest BCUT2D eigenvalue weighted by Gasteiger charge is 2.25. The minimum atomic E-state index is -3.17. The molecule has 0 amide bonds. The normalized spacial score (nSPS) is 21.9. The standard InChI is InChI=1S/C7H14O3S/c8-6-11(9,10)7-4-2-1-3-5-7/h7-8H,1-6H2. The molecule has 3 nitrogen and oxygen atoms in total. The Morgan fingerprint density at radius 3 is 2.18 bits per heavy atom. The molecule has 0 atom stereocenters. The van der Waals surface area contributed by atoms with Crippen LogP contribution in [0.3, 0.4) is 0 Å². The van der Waals surface area contributed by atoms with Crippen LogP contribution in [0.1, 0.15) is 32.1 Å². The maximum absolute atomic E-state index is 11.1. The molecule has 1 fully saturated rings. The lowest BCUT2D eigenvalue weighted by molar-refractivity contribution is 0.352. The van der Waals surface area contributed by atoms with Gasteiger partial charge in [0, 0.05) is 0 Å². The summed E-state index contributed by atoms with van der Waals surface area (Å²) in [6, 6.07) is 0. The van der Waals surface area contributed by atoms with Gasteiger partial charge >= 0.3 is 0 Å². The van der Waals surface area contributed by atoms with E-state index in [9.17, 15) is 8.42 Å². The van der Waals surface area contributed by atoms with Gasteiger partial charge in [0.1, 0.15) is 5.94 Å². The first-order valence-electron chi connectivity index (χ1n) is 3.99. The SMILES string of the molecule is O=S(=O)(CO)C1CCCCC1. The van der Waals surface area contributed by atoms with Gasteiger partial charge in [0.2, 0.25) is 0 Å². The van der Waals surface area contributed by atoms with Crippen molar-refractivity contribution < 1.29 is 13.5 Å². The lowest BCUT2D eigenvalue weighted by atomic mass is 10.0. The Morgan fingerprint density at radius 2 is 1.73 bits per heavy atom. The van der Waals surface area contributed by atoms with E-state index in [2.05, 4.69) is 0 Å². The van der Waals surface area contributed by atoms with Gasteiger partial charge in [0.15, 0.2) is 9.84 Å². The number of aliphatic hydroxyl groups is 1. The summed E-state index contributed by atoms with van der Waals surface area (Å²) >= 11 is 0. The molecular formula is C7H14O3S. The highest BCUT2D eigenvalue weighted by atomic mass is 32.2. The van der Waals surface area contributed by atoms with Crippen molar-refractivity contribution in [2.75, 3.05) is 5.94 Å². The highest BCUT2D eigenvalue weighted by molar-refractivity contribution is 7.91. The molecule has 0 saturated heterocycles. The van der Waals surface area contributed by atoms with Crippen LogP contribution in [-0.2, 0) is 9.84 Å². The van der Waals surface area contributed by atoms with Gasteiger partial charge in [0.25, 0.3) is 0 Å². The van der Waals surface area contributed by atoms with Crippen LogP contribution < -0.4 is 0 Å². The highest BCUT2D eigenvalue weighted by Crippen LogP contribution is 2.23. The van der Waals surface area contributed by atoms with Gasteiger partial charge < -0.3 is 5.11 Å². The Bertz CT molecular complexity index is 202. The van der Waals surface area contributed by atoms with Gasteiger partial charge in [0.05, 0.1) is 5.25 Å². The first kappa shape index (κ1) is 9.00. The van der Waals surface area contributed by atoms with E-state index in [-0.39, 0.29) is 5.25 Å². The lowest BCUT2D eigenvalue weighted by Crippen LogP contribution is -2.26. The largest absolute Gasteiger partial charge is 0.380 e. The quantitative estimate of drug-likeness (QED) is 0.676. The fraction of sp³-hybridized carbons (Fsp3) is 1.00. The van der Waals surface area contributed by atoms with Gasteiger partial charge in [-0.15, -0.1) is 0 Å². The first-order valence-corrected chi connectivity index (χ1v) is 5.71. The molecule has 0 aromatic rings. The Labute approximate surface area is 67.3 Å². The van der Waals surface area contributed by atoms with Gasteiger partial charge in [-0.05, 0) is 12.8 Å². The van der Waals surface area contributed by atoms with Crippen molar-refractivity contribution in [3.05, 3.63) is 0 Å². The molecule has 0 aromatic heterocycles. The van der Waals surface area contributed by atoms with E-state index < -0.39 is 15.8 Å². The van der Waals surface area contributed by atoms with E-state index in [0.29, 0.717) is 0 Å². The second kappa shape index (κ2) is 3.54. The van der Waals surface area contributed by atoms with Gasteiger partial charge in [-0.25, -0.2) is 8.42 Å². The summed E-state index contributed by atoms with van der Waals surface area (Å²) in [4.78, 5) is 0. The van der Waals surface area contributed by atoms with Crippen LogP contribution >= 0.6 is 0 Å². The number of rotatable bonds is 2. The predicted molar refractivity (Wildman–Crippen MR) is 42.9 cm³/mol. The van der Waals surface area contributed by atoms with Crippen LogP contribution in [-0.4, -0.2) is 24.7 Å². The minimum absolute atomic E-state index is 0.263. The molecule has 11 heavy (non-hydrogen) atoms. The summed E-state index contributed by atoms with van der Waals surface area (Å²) in [7, 11) is -3.17. The number of hydrogen-bond donors (Lipinski definition) is 1. The average molecular weight is 178 g/mol. The van der Waals surface area contributed by atoms with E-state index in [1.807, 2.05) is 0 Å². The molecule has 1 aliphatic rings. The molecule has 1 rings (SSSR count). The maximum Gasteiger partial charge on any atom is 0.176 e. The van der Waals surface area contributed by atoms with E-state index in [4.69, 9.17) is 5.11 Å². The molecule has 0 unspecified atom stereocenters. The van der Waals surface area contributed by atoms with Crippen LogP contribution in [0, 0.1) is 0 Å². The summed E-state index contributed by atoms with van der Waals surface area (Å²) in [5, 5.41) is 8.30. The Kier molecular flexibility index (Phi) is 2.90. The number of hydrogen-bond acceptors (Lipinski definition) is 3. The van der Waals surface area contributed by atoms with Crippen molar-refractivity contribution >= 4 is 9.84 Å². The van der Waals surface area contributed by atoms with Gasteiger partial charge in [-0.2, -0.15) is 0 Å². The fourth-order valence-corrected chi connectivity index (χ4v) is 2.79.